The van der Waals surface area contributed by atoms with Crippen LogP contribution in [-0.2, 0) is 13.2 Å². The molecule has 17 heavy (non-hydrogen) atoms. The molecule has 0 saturated carbocycles. The molecular formula is C11H14BrN3O2. The fourth-order valence-electron chi connectivity index (χ4n) is 1.64. The SMILES string of the molecule is CC(C)Cn1nnc(CO)c1-c1ccc(Br)o1. The Kier molecular flexibility index (Phi) is 3.63. The molecule has 2 rings (SSSR count). The van der Waals surface area contributed by atoms with Crippen molar-refractivity contribution >= 4 is 15.9 Å². The van der Waals surface area contributed by atoms with Crippen LogP contribution in [0.2, 0.25) is 0 Å². The van der Waals surface area contributed by atoms with Crippen LogP contribution in [0.15, 0.2) is 21.2 Å². The van der Waals surface area contributed by atoms with E-state index in [0.717, 1.165) is 12.2 Å². The van der Waals surface area contributed by atoms with Crippen molar-refractivity contribution in [2.24, 2.45) is 5.92 Å². The van der Waals surface area contributed by atoms with Crippen molar-refractivity contribution in [1.29, 1.82) is 0 Å². The van der Waals surface area contributed by atoms with Gasteiger partial charge in [-0.05, 0) is 34.0 Å². The van der Waals surface area contributed by atoms with E-state index in [0.29, 0.717) is 22.0 Å². The minimum atomic E-state index is -0.147. The van der Waals surface area contributed by atoms with Crippen LogP contribution < -0.4 is 0 Å². The average molecular weight is 300 g/mol. The number of hydrogen-bond acceptors (Lipinski definition) is 4. The lowest BCUT2D eigenvalue weighted by Crippen LogP contribution is -2.08. The number of nitrogens with zero attached hydrogens (tertiary/aromatic N) is 3. The Bertz CT molecular complexity index is 505. The largest absolute Gasteiger partial charge is 0.448 e. The van der Waals surface area contributed by atoms with Gasteiger partial charge in [-0.1, -0.05) is 19.1 Å². The maximum absolute atomic E-state index is 9.26. The fourth-order valence-corrected chi connectivity index (χ4v) is 1.95. The molecule has 0 unspecified atom stereocenters. The van der Waals surface area contributed by atoms with Gasteiger partial charge in [-0.3, -0.25) is 0 Å². The van der Waals surface area contributed by atoms with E-state index in [2.05, 4.69) is 40.1 Å². The van der Waals surface area contributed by atoms with E-state index < -0.39 is 0 Å². The van der Waals surface area contributed by atoms with Gasteiger partial charge in [-0.15, -0.1) is 5.10 Å². The molecule has 92 valence electrons. The summed E-state index contributed by atoms with van der Waals surface area (Å²) in [6.45, 7) is 4.79. The molecule has 2 heterocycles. The highest BCUT2D eigenvalue weighted by Crippen LogP contribution is 2.27. The third-order valence-electron chi connectivity index (χ3n) is 2.30. The molecule has 0 spiro atoms. The molecule has 0 aliphatic rings. The summed E-state index contributed by atoms with van der Waals surface area (Å²) in [6, 6.07) is 3.64. The molecule has 0 atom stereocenters. The van der Waals surface area contributed by atoms with E-state index in [1.807, 2.05) is 12.1 Å². The van der Waals surface area contributed by atoms with Gasteiger partial charge < -0.3 is 9.52 Å². The Morgan fingerprint density at radius 2 is 2.24 bits per heavy atom. The lowest BCUT2D eigenvalue weighted by molar-refractivity contribution is 0.277. The average Bonchev–Trinajstić information content (AvgIpc) is 2.83. The molecule has 0 aliphatic carbocycles. The van der Waals surface area contributed by atoms with Crippen LogP contribution in [0, 0.1) is 5.92 Å². The summed E-state index contributed by atoms with van der Waals surface area (Å²) in [4.78, 5) is 0. The number of furan rings is 1. The normalized spacial score (nSPS) is 11.4. The van der Waals surface area contributed by atoms with E-state index in [-0.39, 0.29) is 6.61 Å². The monoisotopic (exact) mass is 299 g/mol. The molecule has 0 saturated heterocycles. The van der Waals surface area contributed by atoms with Crippen molar-refractivity contribution in [2.75, 3.05) is 0 Å². The fraction of sp³-hybridized carbons (Fsp3) is 0.455. The zero-order valence-electron chi connectivity index (χ0n) is 9.72. The minimum absolute atomic E-state index is 0.147. The second-order valence-corrected chi connectivity index (χ2v) is 5.00. The van der Waals surface area contributed by atoms with Gasteiger partial charge in [0.15, 0.2) is 10.4 Å². The summed E-state index contributed by atoms with van der Waals surface area (Å²) < 4.78 is 7.91. The summed E-state index contributed by atoms with van der Waals surface area (Å²) in [5.41, 5.74) is 1.28. The van der Waals surface area contributed by atoms with Crippen LogP contribution in [0.1, 0.15) is 19.5 Å². The molecule has 0 fully saturated rings. The topological polar surface area (TPSA) is 64.1 Å². The molecule has 6 heteroatoms. The van der Waals surface area contributed by atoms with Gasteiger partial charge in [0.05, 0.1) is 6.61 Å². The second-order valence-electron chi connectivity index (χ2n) is 4.22. The number of hydrogen-bond donors (Lipinski definition) is 1. The highest BCUT2D eigenvalue weighted by Gasteiger charge is 2.17. The van der Waals surface area contributed by atoms with E-state index >= 15 is 0 Å². The van der Waals surface area contributed by atoms with E-state index in [4.69, 9.17) is 4.42 Å². The van der Waals surface area contributed by atoms with Gasteiger partial charge in [0.25, 0.3) is 0 Å². The quantitative estimate of drug-likeness (QED) is 0.942. The predicted molar refractivity (Wildman–Crippen MR) is 66.2 cm³/mol. The summed E-state index contributed by atoms with van der Waals surface area (Å²) in [5.74, 6) is 1.10. The number of rotatable bonds is 4. The first-order valence-electron chi connectivity index (χ1n) is 5.40. The first-order chi connectivity index (χ1) is 8.11. The highest BCUT2D eigenvalue weighted by molar-refractivity contribution is 9.10. The molecule has 1 N–H and O–H groups in total. The molecular weight excluding hydrogens is 286 g/mol. The van der Waals surface area contributed by atoms with Gasteiger partial charge >= 0.3 is 0 Å². The van der Waals surface area contributed by atoms with Crippen LogP contribution in [0.5, 0.6) is 0 Å². The third-order valence-corrected chi connectivity index (χ3v) is 2.73. The van der Waals surface area contributed by atoms with Crippen molar-refractivity contribution < 1.29 is 9.52 Å². The van der Waals surface area contributed by atoms with Gasteiger partial charge in [-0.2, -0.15) is 0 Å². The molecule has 5 nitrogen and oxygen atoms in total. The standard InChI is InChI=1S/C11H14BrN3O2/c1-7(2)5-15-11(8(6-16)13-14-15)9-3-4-10(12)17-9/h3-4,7,16H,5-6H2,1-2H3. The minimum Gasteiger partial charge on any atom is -0.448 e. The Morgan fingerprint density at radius 1 is 1.47 bits per heavy atom. The van der Waals surface area contributed by atoms with Crippen molar-refractivity contribution in [1.82, 2.24) is 15.0 Å². The lowest BCUT2D eigenvalue weighted by atomic mass is 10.2. The van der Waals surface area contributed by atoms with Gasteiger partial charge in [-0.25, -0.2) is 4.68 Å². The maximum Gasteiger partial charge on any atom is 0.169 e. The van der Waals surface area contributed by atoms with Gasteiger partial charge in [0.1, 0.15) is 11.4 Å². The van der Waals surface area contributed by atoms with Crippen LogP contribution in [0.4, 0.5) is 0 Å². The molecule has 2 aromatic rings. The summed E-state index contributed by atoms with van der Waals surface area (Å²) in [5, 5.41) is 17.3. The Balaban J connectivity index is 2.45. The van der Waals surface area contributed by atoms with Crippen LogP contribution in [-0.4, -0.2) is 20.1 Å². The van der Waals surface area contributed by atoms with Gasteiger partial charge in [0.2, 0.25) is 0 Å². The Hall–Kier alpha value is -1.14. The second kappa shape index (κ2) is 5.01. The third kappa shape index (κ3) is 2.58. The maximum atomic E-state index is 9.26. The zero-order valence-corrected chi connectivity index (χ0v) is 11.3. The molecule has 0 radical (unpaired) electrons. The molecule has 0 aromatic carbocycles. The van der Waals surface area contributed by atoms with Crippen LogP contribution >= 0.6 is 15.9 Å². The van der Waals surface area contributed by atoms with Crippen molar-refractivity contribution in [3.05, 3.63) is 22.5 Å². The number of aliphatic hydroxyl groups excluding tert-OH is 1. The Labute approximate surface area is 108 Å². The van der Waals surface area contributed by atoms with Crippen LogP contribution in [0.25, 0.3) is 11.5 Å². The smallest absolute Gasteiger partial charge is 0.169 e. The number of aliphatic hydroxyl groups is 1. The summed E-state index contributed by atoms with van der Waals surface area (Å²) >= 11 is 3.26. The molecule has 0 bridgehead atoms. The molecule has 2 aromatic heterocycles. The number of halogens is 1. The number of aromatic nitrogens is 3. The highest BCUT2D eigenvalue weighted by atomic mass is 79.9. The molecule has 0 aliphatic heterocycles. The van der Waals surface area contributed by atoms with Crippen LogP contribution in [0.3, 0.4) is 0 Å². The van der Waals surface area contributed by atoms with Crippen molar-refractivity contribution in [2.45, 2.75) is 27.0 Å². The first-order valence-corrected chi connectivity index (χ1v) is 6.20. The van der Waals surface area contributed by atoms with Gasteiger partial charge in [0, 0.05) is 6.54 Å². The van der Waals surface area contributed by atoms with E-state index in [1.165, 1.54) is 0 Å². The predicted octanol–water partition coefficient (Wildman–Crippen LogP) is 2.45. The van der Waals surface area contributed by atoms with E-state index in [1.54, 1.807) is 4.68 Å². The lowest BCUT2D eigenvalue weighted by Gasteiger charge is -2.07. The molecule has 0 amide bonds. The Morgan fingerprint density at radius 3 is 2.76 bits per heavy atom. The van der Waals surface area contributed by atoms with Crippen molar-refractivity contribution in [3.63, 3.8) is 0 Å². The first kappa shape index (κ1) is 12.3. The summed E-state index contributed by atoms with van der Waals surface area (Å²) in [6.07, 6.45) is 0. The van der Waals surface area contributed by atoms with E-state index in [9.17, 15) is 5.11 Å². The van der Waals surface area contributed by atoms with Crippen molar-refractivity contribution in [3.8, 4) is 11.5 Å². The zero-order chi connectivity index (χ0) is 12.4. The summed E-state index contributed by atoms with van der Waals surface area (Å²) in [7, 11) is 0.